The molecule has 0 bridgehead atoms. The standard InChI is InChI=1S/C12H12FN3O4/c13-7-1-2-9(8(5-7)11(18)19)15-12(20)16-4-3-14-10(17)6-16/h1-2,5H,3-4,6H2,(H,14,17)(H,15,20)(H,18,19). The first kappa shape index (κ1) is 13.8. The van der Waals surface area contributed by atoms with E-state index in [1.807, 2.05) is 0 Å². The number of amides is 3. The Balaban J connectivity index is 2.15. The van der Waals surface area contributed by atoms with Crippen LogP contribution in [0.4, 0.5) is 14.9 Å². The molecule has 0 aromatic heterocycles. The number of hydrogen-bond donors (Lipinski definition) is 3. The van der Waals surface area contributed by atoms with E-state index in [0.717, 1.165) is 12.1 Å². The molecule has 3 amide bonds. The van der Waals surface area contributed by atoms with Crippen LogP contribution in [0.25, 0.3) is 0 Å². The molecule has 1 aliphatic heterocycles. The van der Waals surface area contributed by atoms with Crippen molar-refractivity contribution < 1.29 is 23.9 Å². The Morgan fingerprint density at radius 1 is 1.40 bits per heavy atom. The summed E-state index contributed by atoms with van der Waals surface area (Å²) in [5, 5.41) is 13.9. The molecule has 1 aromatic carbocycles. The molecule has 1 saturated heterocycles. The molecule has 1 aromatic rings. The van der Waals surface area contributed by atoms with Crippen molar-refractivity contribution in [1.82, 2.24) is 10.2 Å². The second-order valence-corrected chi connectivity index (χ2v) is 4.20. The van der Waals surface area contributed by atoms with Crippen molar-refractivity contribution in [3.8, 4) is 0 Å². The highest BCUT2D eigenvalue weighted by molar-refractivity contribution is 6.00. The van der Waals surface area contributed by atoms with E-state index in [1.54, 1.807) is 0 Å². The molecule has 1 aliphatic rings. The van der Waals surface area contributed by atoms with E-state index >= 15 is 0 Å². The Hall–Kier alpha value is -2.64. The van der Waals surface area contributed by atoms with E-state index < -0.39 is 17.8 Å². The van der Waals surface area contributed by atoms with Crippen LogP contribution in [0.2, 0.25) is 0 Å². The average Bonchev–Trinajstić information content (AvgIpc) is 2.40. The average molecular weight is 281 g/mol. The lowest BCUT2D eigenvalue weighted by molar-refractivity contribution is -0.123. The van der Waals surface area contributed by atoms with Gasteiger partial charge in [0.1, 0.15) is 12.4 Å². The predicted molar refractivity (Wildman–Crippen MR) is 67.0 cm³/mol. The van der Waals surface area contributed by atoms with Crippen molar-refractivity contribution in [3.05, 3.63) is 29.6 Å². The lowest BCUT2D eigenvalue weighted by Gasteiger charge is -2.27. The summed E-state index contributed by atoms with van der Waals surface area (Å²) in [7, 11) is 0. The number of benzene rings is 1. The van der Waals surface area contributed by atoms with Crippen molar-refractivity contribution in [1.29, 1.82) is 0 Å². The van der Waals surface area contributed by atoms with Gasteiger partial charge in [-0.3, -0.25) is 4.79 Å². The van der Waals surface area contributed by atoms with Crippen LogP contribution >= 0.6 is 0 Å². The van der Waals surface area contributed by atoms with Crippen molar-refractivity contribution in [2.24, 2.45) is 0 Å². The van der Waals surface area contributed by atoms with Gasteiger partial charge in [0, 0.05) is 13.1 Å². The Bertz CT molecular complexity index is 576. The van der Waals surface area contributed by atoms with Gasteiger partial charge in [-0.2, -0.15) is 0 Å². The smallest absolute Gasteiger partial charge is 0.337 e. The van der Waals surface area contributed by atoms with Gasteiger partial charge in [-0.25, -0.2) is 14.0 Å². The molecular formula is C12H12FN3O4. The zero-order valence-corrected chi connectivity index (χ0v) is 10.4. The van der Waals surface area contributed by atoms with Crippen LogP contribution in [0.5, 0.6) is 0 Å². The maximum Gasteiger partial charge on any atom is 0.337 e. The van der Waals surface area contributed by atoms with E-state index in [0.29, 0.717) is 13.1 Å². The zero-order chi connectivity index (χ0) is 14.7. The summed E-state index contributed by atoms with van der Waals surface area (Å²) in [6, 6.07) is 2.43. The number of aromatic carboxylic acids is 1. The number of urea groups is 1. The summed E-state index contributed by atoms with van der Waals surface area (Å²) >= 11 is 0. The molecule has 106 valence electrons. The third-order valence-electron chi connectivity index (χ3n) is 2.78. The number of hydrogen-bond acceptors (Lipinski definition) is 3. The fraction of sp³-hybridized carbons (Fsp3) is 0.250. The minimum absolute atomic E-state index is 0.0186. The highest BCUT2D eigenvalue weighted by Gasteiger charge is 2.22. The Kier molecular flexibility index (Phi) is 3.83. The quantitative estimate of drug-likeness (QED) is 0.734. The topological polar surface area (TPSA) is 98.7 Å². The van der Waals surface area contributed by atoms with E-state index in [-0.39, 0.29) is 23.7 Å². The van der Waals surface area contributed by atoms with Crippen LogP contribution < -0.4 is 10.6 Å². The van der Waals surface area contributed by atoms with Gasteiger partial charge in [-0.05, 0) is 18.2 Å². The summed E-state index contributed by atoms with van der Waals surface area (Å²) in [4.78, 5) is 35.3. The van der Waals surface area contributed by atoms with Crippen LogP contribution in [0.3, 0.4) is 0 Å². The maximum atomic E-state index is 13.0. The molecule has 0 aliphatic carbocycles. The summed E-state index contributed by atoms with van der Waals surface area (Å²) in [5.74, 6) is -2.35. The van der Waals surface area contributed by atoms with Crippen molar-refractivity contribution in [3.63, 3.8) is 0 Å². The number of carbonyl (C=O) groups excluding carboxylic acids is 2. The zero-order valence-electron chi connectivity index (χ0n) is 10.4. The Morgan fingerprint density at radius 3 is 2.80 bits per heavy atom. The maximum absolute atomic E-state index is 13.0. The first-order chi connectivity index (χ1) is 9.47. The number of carboxylic acid groups (broad SMARTS) is 1. The second kappa shape index (κ2) is 5.55. The monoisotopic (exact) mass is 281 g/mol. The number of halogens is 1. The molecule has 0 atom stereocenters. The third-order valence-corrected chi connectivity index (χ3v) is 2.78. The summed E-state index contributed by atoms with van der Waals surface area (Å²) in [6.07, 6.45) is 0. The molecule has 0 unspecified atom stereocenters. The molecule has 0 radical (unpaired) electrons. The fourth-order valence-corrected chi connectivity index (χ4v) is 1.81. The molecule has 3 N–H and O–H groups in total. The van der Waals surface area contributed by atoms with Gasteiger partial charge >= 0.3 is 12.0 Å². The van der Waals surface area contributed by atoms with Crippen molar-refractivity contribution >= 4 is 23.6 Å². The normalized spacial score (nSPS) is 14.7. The van der Waals surface area contributed by atoms with Gasteiger partial charge in [-0.15, -0.1) is 0 Å². The van der Waals surface area contributed by atoms with Gasteiger partial charge in [0.25, 0.3) is 0 Å². The van der Waals surface area contributed by atoms with Crippen LogP contribution in [0, 0.1) is 5.82 Å². The number of anilines is 1. The molecule has 0 saturated carbocycles. The lowest BCUT2D eigenvalue weighted by atomic mass is 10.1. The Morgan fingerprint density at radius 2 is 2.15 bits per heavy atom. The number of carbonyl (C=O) groups is 3. The number of piperazine rings is 1. The van der Waals surface area contributed by atoms with Crippen LogP contribution in [0.15, 0.2) is 18.2 Å². The predicted octanol–water partition coefficient (Wildman–Crippen LogP) is 0.488. The van der Waals surface area contributed by atoms with E-state index in [1.165, 1.54) is 11.0 Å². The van der Waals surface area contributed by atoms with Gasteiger partial charge < -0.3 is 20.6 Å². The summed E-state index contributed by atoms with van der Waals surface area (Å²) in [6.45, 7) is 0.554. The molecule has 7 nitrogen and oxygen atoms in total. The SMILES string of the molecule is O=C1CN(C(=O)Nc2ccc(F)cc2C(=O)O)CCN1. The second-order valence-electron chi connectivity index (χ2n) is 4.20. The molecule has 20 heavy (non-hydrogen) atoms. The summed E-state index contributed by atoms with van der Waals surface area (Å²) in [5.41, 5.74) is -0.366. The third kappa shape index (κ3) is 3.02. The molecule has 1 heterocycles. The number of nitrogens with zero attached hydrogens (tertiary/aromatic N) is 1. The fourth-order valence-electron chi connectivity index (χ4n) is 1.81. The van der Waals surface area contributed by atoms with Gasteiger partial charge in [0.15, 0.2) is 0 Å². The van der Waals surface area contributed by atoms with Gasteiger partial charge in [-0.1, -0.05) is 0 Å². The van der Waals surface area contributed by atoms with Crippen LogP contribution in [-0.4, -0.2) is 47.5 Å². The molecule has 8 heteroatoms. The molecular weight excluding hydrogens is 269 g/mol. The van der Waals surface area contributed by atoms with E-state index in [2.05, 4.69) is 10.6 Å². The van der Waals surface area contributed by atoms with Crippen LogP contribution in [0.1, 0.15) is 10.4 Å². The highest BCUT2D eigenvalue weighted by atomic mass is 19.1. The first-order valence-electron chi connectivity index (χ1n) is 5.83. The number of carboxylic acids is 1. The van der Waals surface area contributed by atoms with Crippen LogP contribution in [-0.2, 0) is 4.79 Å². The molecule has 0 spiro atoms. The first-order valence-corrected chi connectivity index (χ1v) is 5.83. The van der Waals surface area contributed by atoms with Gasteiger partial charge in [0.05, 0.1) is 11.3 Å². The van der Waals surface area contributed by atoms with E-state index in [9.17, 15) is 18.8 Å². The van der Waals surface area contributed by atoms with E-state index in [4.69, 9.17) is 5.11 Å². The lowest BCUT2D eigenvalue weighted by Crippen LogP contribution is -2.51. The minimum atomic E-state index is -1.35. The minimum Gasteiger partial charge on any atom is -0.478 e. The number of rotatable bonds is 2. The Labute approximate surface area is 113 Å². The molecule has 2 rings (SSSR count). The highest BCUT2D eigenvalue weighted by Crippen LogP contribution is 2.17. The van der Waals surface area contributed by atoms with Crippen molar-refractivity contribution in [2.75, 3.05) is 25.0 Å². The van der Waals surface area contributed by atoms with Crippen molar-refractivity contribution in [2.45, 2.75) is 0 Å². The largest absolute Gasteiger partial charge is 0.478 e. The molecule has 1 fully saturated rings. The number of nitrogens with one attached hydrogen (secondary N) is 2. The summed E-state index contributed by atoms with van der Waals surface area (Å²) < 4.78 is 13.0. The van der Waals surface area contributed by atoms with Gasteiger partial charge in [0.2, 0.25) is 5.91 Å².